The van der Waals surface area contributed by atoms with Gasteiger partial charge in [0.05, 0.1) is 6.54 Å². The predicted molar refractivity (Wildman–Crippen MR) is 96.5 cm³/mol. The second-order valence-electron chi connectivity index (χ2n) is 4.40. The fourth-order valence-electron chi connectivity index (χ4n) is 1.66. The van der Waals surface area contributed by atoms with E-state index in [0.717, 1.165) is 11.3 Å². The Balaban J connectivity index is 0.00000264. The van der Waals surface area contributed by atoms with E-state index in [1.165, 1.54) is 6.20 Å². The van der Waals surface area contributed by atoms with Crippen LogP contribution in [-0.4, -0.2) is 24.0 Å². The molecule has 1 heterocycles. The van der Waals surface area contributed by atoms with Gasteiger partial charge < -0.3 is 15.8 Å². The minimum absolute atomic E-state index is 0. The topological polar surface area (TPSA) is 72.5 Å². The van der Waals surface area contributed by atoms with Gasteiger partial charge in [-0.2, -0.15) is 0 Å². The molecule has 8 heteroatoms. The van der Waals surface area contributed by atoms with E-state index >= 15 is 0 Å². The molecule has 0 spiro atoms. The molecule has 124 valence electrons. The van der Waals surface area contributed by atoms with Crippen LogP contribution >= 0.6 is 24.0 Å². The molecular formula is C15H17F2IN4O. The molecular weight excluding hydrogens is 417 g/mol. The van der Waals surface area contributed by atoms with Crippen molar-refractivity contribution in [3.63, 3.8) is 0 Å². The number of aromatic nitrogens is 1. The number of hydrogen-bond donors (Lipinski definition) is 2. The molecule has 0 fully saturated rings. The largest absolute Gasteiger partial charge is 0.472 e. The molecule has 23 heavy (non-hydrogen) atoms. The highest BCUT2D eigenvalue weighted by molar-refractivity contribution is 14.0. The van der Waals surface area contributed by atoms with Crippen LogP contribution in [0, 0.1) is 0 Å². The molecule has 0 unspecified atom stereocenters. The zero-order valence-corrected chi connectivity index (χ0v) is 14.5. The maximum atomic E-state index is 12.1. The lowest BCUT2D eigenvalue weighted by molar-refractivity contribution is 0.0795. The van der Waals surface area contributed by atoms with Gasteiger partial charge in [-0.3, -0.25) is 0 Å². The van der Waals surface area contributed by atoms with Gasteiger partial charge in [0.1, 0.15) is 0 Å². The van der Waals surface area contributed by atoms with Crippen LogP contribution in [0.1, 0.15) is 5.56 Å². The van der Waals surface area contributed by atoms with Crippen LogP contribution in [0.15, 0.2) is 53.7 Å². The quantitative estimate of drug-likeness (QED) is 0.416. The van der Waals surface area contributed by atoms with Gasteiger partial charge in [-0.15, -0.1) is 24.0 Å². The minimum atomic E-state index is -2.53. The number of aliphatic imine (C=N–C) groups is 1. The summed E-state index contributed by atoms with van der Waals surface area (Å²) in [6.07, 6.45) is -1.05. The van der Waals surface area contributed by atoms with Crippen molar-refractivity contribution in [3.05, 3.63) is 54.2 Å². The summed E-state index contributed by atoms with van der Waals surface area (Å²) >= 11 is 0. The molecule has 3 N–H and O–H groups in total. The minimum Gasteiger partial charge on any atom is -0.472 e. The second kappa shape index (κ2) is 9.93. The molecule has 0 aliphatic heterocycles. The standard InChI is InChI=1S/C15H16F2N4O.HI/c16-13(17)10-22-14-8-11(6-7-19-14)9-20-15(18)21-12-4-2-1-3-5-12;/h1-8,13H,9-10H2,(H3,18,20,21);1H. The SMILES string of the molecule is I.NC(=NCc1ccnc(OCC(F)F)c1)Nc1ccccc1. The smallest absolute Gasteiger partial charge is 0.272 e. The van der Waals surface area contributed by atoms with E-state index in [-0.39, 0.29) is 35.8 Å². The van der Waals surface area contributed by atoms with E-state index in [4.69, 9.17) is 10.5 Å². The maximum absolute atomic E-state index is 12.1. The van der Waals surface area contributed by atoms with Crippen LogP contribution in [0.2, 0.25) is 0 Å². The van der Waals surface area contributed by atoms with E-state index in [9.17, 15) is 8.78 Å². The van der Waals surface area contributed by atoms with Crippen molar-refractivity contribution >= 4 is 35.6 Å². The first-order chi connectivity index (χ1) is 10.6. The van der Waals surface area contributed by atoms with Crippen LogP contribution in [0.25, 0.3) is 0 Å². The van der Waals surface area contributed by atoms with Gasteiger partial charge in [-0.1, -0.05) is 18.2 Å². The summed E-state index contributed by atoms with van der Waals surface area (Å²) in [6.45, 7) is -0.392. The van der Waals surface area contributed by atoms with Crippen molar-refractivity contribution in [1.82, 2.24) is 4.98 Å². The number of nitrogens with one attached hydrogen (secondary N) is 1. The molecule has 0 aliphatic carbocycles. The highest BCUT2D eigenvalue weighted by atomic mass is 127. The highest BCUT2D eigenvalue weighted by Gasteiger charge is 2.05. The molecule has 2 rings (SSSR count). The Morgan fingerprint density at radius 3 is 2.70 bits per heavy atom. The molecule has 0 saturated heterocycles. The van der Waals surface area contributed by atoms with Gasteiger partial charge in [-0.25, -0.2) is 18.8 Å². The van der Waals surface area contributed by atoms with Crippen molar-refractivity contribution in [3.8, 4) is 5.88 Å². The third-order valence-corrected chi connectivity index (χ3v) is 2.63. The first-order valence-corrected chi connectivity index (χ1v) is 6.61. The molecule has 2 aromatic rings. The van der Waals surface area contributed by atoms with Gasteiger partial charge in [0.25, 0.3) is 6.43 Å². The highest BCUT2D eigenvalue weighted by Crippen LogP contribution is 2.11. The number of benzene rings is 1. The Bertz CT molecular complexity index is 626. The van der Waals surface area contributed by atoms with E-state index in [0.29, 0.717) is 6.54 Å². The summed E-state index contributed by atoms with van der Waals surface area (Å²) in [5.74, 6) is 0.403. The van der Waals surface area contributed by atoms with Crippen LogP contribution in [0.4, 0.5) is 14.5 Å². The van der Waals surface area contributed by atoms with Crippen LogP contribution in [0.5, 0.6) is 5.88 Å². The number of rotatable bonds is 6. The van der Waals surface area contributed by atoms with Crippen LogP contribution in [-0.2, 0) is 6.54 Å². The fourth-order valence-corrected chi connectivity index (χ4v) is 1.66. The second-order valence-corrected chi connectivity index (χ2v) is 4.40. The van der Waals surface area contributed by atoms with Crippen molar-refractivity contribution in [2.45, 2.75) is 13.0 Å². The van der Waals surface area contributed by atoms with Gasteiger partial charge in [-0.05, 0) is 23.8 Å². The van der Waals surface area contributed by atoms with Gasteiger partial charge >= 0.3 is 0 Å². The number of alkyl halides is 2. The summed E-state index contributed by atoms with van der Waals surface area (Å²) in [6, 6.07) is 12.7. The Morgan fingerprint density at radius 1 is 1.26 bits per heavy atom. The molecule has 1 aromatic carbocycles. The Kier molecular flexibility index (Phi) is 8.23. The zero-order chi connectivity index (χ0) is 15.8. The Hall–Kier alpha value is -1.97. The zero-order valence-electron chi connectivity index (χ0n) is 12.2. The van der Waals surface area contributed by atoms with E-state index in [1.54, 1.807) is 12.1 Å². The van der Waals surface area contributed by atoms with Crippen molar-refractivity contribution in [2.75, 3.05) is 11.9 Å². The number of anilines is 1. The summed E-state index contributed by atoms with van der Waals surface area (Å²) < 4.78 is 29.0. The first kappa shape index (κ1) is 19.1. The third kappa shape index (κ3) is 7.22. The molecule has 0 aliphatic rings. The number of para-hydroxylation sites is 1. The van der Waals surface area contributed by atoms with E-state index < -0.39 is 13.0 Å². The molecule has 5 nitrogen and oxygen atoms in total. The monoisotopic (exact) mass is 434 g/mol. The van der Waals surface area contributed by atoms with E-state index in [2.05, 4.69) is 15.3 Å². The fraction of sp³-hybridized carbons (Fsp3) is 0.200. The van der Waals surface area contributed by atoms with Crippen LogP contribution in [0.3, 0.4) is 0 Å². The molecule has 0 atom stereocenters. The number of guanidine groups is 1. The lowest BCUT2D eigenvalue weighted by Gasteiger charge is -2.07. The summed E-state index contributed by atoms with van der Waals surface area (Å²) in [5, 5.41) is 2.95. The summed E-state index contributed by atoms with van der Waals surface area (Å²) in [7, 11) is 0. The van der Waals surface area contributed by atoms with Crippen molar-refractivity contribution in [2.24, 2.45) is 10.7 Å². The maximum Gasteiger partial charge on any atom is 0.272 e. The number of hydrogen-bond acceptors (Lipinski definition) is 3. The van der Waals surface area contributed by atoms with Gasteiger partial charge in [0, 0.05) is 18.0 Å². The molecule has 1 aromatic heterocycles. The molecule has 0 bridgehead atoms. The predicted octanol–water partition coefficient (Wildman–Crippen LogP) is 3.27. The first-order valence-electron chi connectivity index (χ1n) is 6.61. The lowest BCUT2D eigenvalue weighted by Crippen LogP contribution is -2.22. The Labute approximate surface area is 150 Å². The average molecular weight is 434 g/mol. The summed E-state index contributed by atoms with van der Waals surface area (Å²) in [5.41, 5.74) is 7.38. The number of nitrogens with zero attached hydrogens (tertiary/aromatic N) is 2. The number of halogens is 3. The third-order valence-electron chi connectivity index (χ3n) is 2.63. The van der Waals surface area contributed by atoms with E-state index in [1.807, 2.05) is 30.3 Å². The van der Waals surface area contributed by atoms with Crippen LogP contribution < -0.4 is 15.8 Å². The molecule has 0 saturated carbocycles. The van der Waals surface area contributed by atoms with Crippen molar-refractivity contribution in [1.29, 1.82) is 0 Å². The molecule has 0 amide bonds. The number of pyridine rings is 1. The number of ether oxygens (including phenoxy) is 1. The normalized spacial score (nSPS) is 11.0. The van der Waals surface area contributed by atoms with Gasteiger partial charge in [0.2, 0.25) is 5.88 Å². The Morgan fingerprint density at radius 2 is 2.00 bits per heavy atom. The molecule has 0 radical (unpaired) electrons. The van der Waals surface area contributed by atoms with Crippen molar-refractivity contribution < 1.29 is 13.5 Å². The van der Waals surface area contributed by atoms with Gasteiger partial charge in [0.15, 0.2) is 12.6 Å². The summed E-state index contributed by atoms with van der Waals surface area (Å²) in [4.78, 5) is 8.03. The average Bonchev–Trinajstić information content (AvgIpc) is 2.52. The number of nitrogens with two attached hydrogens (primary N) is 1. The lowest BCUT2D eigenvalue weighted by atomic mass is 10.3.